The number of aromatic nitrogens is 3. The van der Waals surface area contributed by atoms with Crippen molar-refractivity contribution in [1.29, 1.82) is 0 Å². The second-order valence-electron chi connectivity index (χ2n) is 6.48. The number of phenolic OH excluding ortho intramolecular Hbond substituents is 1. The zero-order chi connectivity index (χ0) is 20.1. The summed E-state index contributed by atoms with van der Waals surface area (Å²) in [4.78, 5) is 2.07. The first-order valence-corrected chi connectivity index (χ1v) is 10.1. The zero-order valence-electron chi connectivity index (χ0n) is 16.1. The van der Waals surface area contributed by atoms with Crippen LogP contribution in [-0.2, 0) is 25.9 Å². The topological polar surface area (TPSA) is 63.4 Å². The van der Waals surface area contributed by atoms with Crippen molar-refractivity contribution in [2.24, 2.45) is 7.05 Å². The van der Waals surface area contributed by atoms with E-state index in [0.717, 1.165) is 32.9 Å². The molecule has 3 aromatic rings. The highest BCUT2D eigenvalue weighted by molar-refractivity contribution is 7.98. The minimum absolute atomic E-state index is 0.172. The fourth-order valence-electron chi connectivity index (χ4n) is 2.81. The van der Waals surface area contributed by atoms with Gasteiger partial charge in [-0.05, 0) is 24.7 Å². The van der Waals surface area contributed by atoms with Crippen molar-refractivity contribution >= 4 is 23.4 Å². The van der Waals surface area contributed by atoms with Crippen LogP contribution in [0.3, 0.4) is 0 Å². The van der Waals surface area contributed by atoms with Gasteiger partial charge in [-0.1, -0.05) is 53.7 Å². The molecule has 0 bridgehead atoms. The largest absolute Gasteiger partial charge is 0.504 e. The summed E-state index contributed by atoms with van der Waals surface area (Å²) in [6.45, 7) is 1.17. The molecule has 8 heteroatoms. The maximum atomic E-state index is 10.3. The molecular formula is C20H23ClN4O2S. The van der Waals surface area contributed by atoms with E-state index in [1.165, 1.54) is 0 Å². The van der Waals surface area contributed by atoms with Crippen molar-refractivity contribution in [3.63, 3.8) is 0 Å². The number of benzene rings is 2. The first-order valence-electron chi connectivity index (χ1n) is 8.77. The Morgan fingerprint density at radius 1 is 1.11 bits per heavy atom. The highest BCUT2D eigenvalue weighted by atomic mass is 35.5. The average molecular weight is 419 g/mol. The van der Waals surface area contributed by atoms with E-state index in [9.17, 15) is 5.11 Å². The Bertz CT molecular complexity index is 948. The lowest BCUT2D eigenvalue weighted by molar-refractivity contribution is 0.297. The second kappa shape index (κ2) is 9.32. The van der Waals surface area contributed by atoms with E-state index < -0.39 is 0 Å². The van der Waals surface area contributed by atoms with Crippen LogP contribution >= 0.6 is 23.4 Å². The van der Waals surface area contributed by atoms with Gasteiger partial charge in [-0.3, -0.25) is 4.90 Å². The summed E-state index contributed by atoms with van der Waals surface area (Å²) in [5, 5.41) is 20.5. The maximum Gasteiger partial charge on any atom is 0.191 e. The maximum absolute atomic E-state index is 10.3. The molecule has 0 radical (unpaired) electrons. The number of nitrogens with zero attached hydrogens (tertiary/aromatic N) is 4. The normalized spacial score (nSPS) is 11.2. The standard InChI is InChI=1S/C20H23ClN4O2S/c1-24(11-14-8-6-10-17(27-3)19(14)26)12-18-22-23-20(25(18)2)28-13-15-7-4-5-9-16(15)21/h4-10,26H,11-13H2,1-3H3. The second-order valence-corrected chi connectivity index (χ2v) is 7.83. The van der Waals surface area contributed by atoms with E-state index in [0.29, 0.717) is 18.8 Å². The van der Waals surface area contributed by atoms with Crippen molar-refractivity contribution in [2.75, 3.05) is 14.2 Å². The Hall–Kier alpha value is -2.22. The zero-order valence-corrected chi connectivity index (χ0v) is 17.7. The lowest BCUT2D eigenvalue weighted by Gasteiger charge is -2.17. The number of halogens is 1. The molecule has 0 unspecified atom stereocenters. The van der Waals surface area contributed by atoms with Crippen molar-refractivity contribution in [2.45, 2.75) is 24.0 Å². The summed E-state index contributed by atoms with van der Waals surface area (Å²) in [7, 11) is 5.48. The molecule has 0 aliphatic heterocycles. The van der Waals surface area contributed by atoms with Crippen LogP contribution in [0, 0.1) is 0 Å². The Labute approximate surface area is 174 Å². The van der Waals surface area contributed by atoms with Crippen molar-refractivity contribution in [1.82, 2.24) is 19.7 Å². The number of hydrogen-bond acceptors (Lipinski definition) is 6. The van der Waals surface area contributed by atoms with Gasteiger partial charge in [0.25, 0.3) is 0 Å². The van der Waals surface area contributed by atoms with Crippen LogP contribution < -0.4 is 4.74 Å². The van der Waals surface area contributed by atoms with E-state index in [-0.39, 0.29) is 5.75 Å². The van der Waals surface area contributed by atoms with Crippen LogP contribution in [-0.4, -0.2) is 38.9 Å². The van der Waals surface area contributed by atoms with Crippen molar-refractivity contribution in [3.8, 4) is 11.5 Å². The highest BCUT2D eigenvalue weighted by Gasteiger charge is 2.14. The van der Waals surface area contributed by atoms with Gasteiger partial charge in [0, 0.05) is 29.9 Å². The van der Waals surface area contributed by atoms with E-state index in [1.807, 2.05) is 55.1 Å². The third-order valence-corrected chi connectivity index (χ3v) is 5.83. The molecule has 1 N–H and O–H groups in total. The molecule has 2 aromatic carbocycles. The van der Waals surface area contributed by atoms with Gasteiger partial charge in [-0.25, -0.2) is 0 Å². The number of methoxy groups -OCH3 is 1. The van der Waals surface area contributed by atoms with E-state index in [4.69, 9.17) is 16.3 Å². The van der Waals surface area contributed by atoms with Gasteiger partial charge in [-0.2, -0.15) is 0 Å². The summed E-state index contributed by atoms with van der Waals surface area (Å²) in [5.41, 5.74) is 1.88. The summed E-state index contributed by atoms with van der Waals surface area (Å²) in [5.74, 6) is 2.24. The number of para-hydroxylation sites is 1. The monoisotopic (exact) mass is 418 g/mol. The lowest BCUT2D eigenvalue weighted by atomic mass is 10.1. The van der Waals surface area contributed by atoms with Gasteiger partial charge < -0.3 is 14.4 Å². The molecule has 0 amide bonds. The van der Waals surface area contributed by atoms with Gasteiger partial charge >= 0.3 is 0 Å². The molecule has 0 saturated carbocycles. The number of rotatable bonds is 8. The molecule has 0 atom stereocenters. The fourth-order valence-corrected chi connectivity index (χ4v) is 4.03. The molecule has 28 heavy (non-hydrogen) atoms. The van der Waals surface area contributed by atoms with Gasteiger partial charge in [0.05, 0.1) is 13.7 Å². The molecule has 3 rings (SSSR count). The summed E-state index contributed by atoms with van der Waals surface area (Å²) >= 11 is 7.83. The molecule has 0 spiro atoms. The van der Waals surface area contributed by atoms with Crippen LogP contribution in [0.5, 0.6) is 11.5 Å². The molecule has 1 heterocycles. The van der Waals surface area contributed by atoms with Crippen LogP contribution in [0.2, 0.25) is 5.02 Å². The average Bonchev–Trinajstić information content (AvgIpc) is 3.02. The smallest absolute Gasteiger partial charge is 0.191 e. The molecule has 6 nitrogen and oxygen atoms in total. The molecule has 148 valence electrons. The summed E-state index contributed by atoms with van der Waals surface area (Å²) < 4.78 is 7.16. The fraction of sp³-hybridized carbons (Fsp3) is 0.300. The SMILES string of the molecule is COc1cccc(CN(C)Cc2nnc(SCc3ccccc3Cl)n2C)c1O. The predicted octanol–water partition coefficient (Wildman–Crippen LogP) is 4.11. The number of thioether (sulfide) groups is 1. The van der Waals surface area contributed by atoms with Gasteiger partial charge in [0.15, 0.2) is 16.7 Å². The lowest BCUT2D eigenvalue weighted by Crippen LogP contribution is -2.19. The third-order valence-electron chi connectivity index (χ3n) is 4.39. The van der Waals surface area contributed by atoms with Gasteiger partial charge in [0.1, 0.15) is 5.82 Å². The third kappa shape index (κ3) is 4.79. The molecule has 0 fully saturated rings. The van der Waals surface area contributed by atoms with Crippen LogP contribution in [0.15, 0.2) is 47.6 Å². The minimum Gasteiger partial charge on any atom is -0.504 e. The molecular weight excluding hydrogens is 396 g/mol. The number of phenols is 1. The summed E-state index contributed by atoms with van der Waals surface area (Å²) in [6, 6.07) is 13.3. The van der Waals surface area contributed by atoms with E-state index >= 15 is 0 Å². The van der Waals surface area contributed by atoms with Crippen molar-refractivity contribution < 1.29 is 9.84 Å². The highest BCUT2D eigenvalue weighted by Crippen LogP contribution is 2.30. The first kappa shape index (κ1) is 20.5. The molecule has 0 saturated heterocycles. The first-order chi connectivity index (χ1) is 13.5. The van der Waals surface area contributed by atoms with Gasteiger partial charge in [0.2, 0.25) is 0 Å². The Morgan fingerprint density at radius 2 is 1.86 bits per heavy atom. The Balaban J connectivity index is 1.63. The summed E-state index contributed by atoms with van der Waals surface area (Å²) in [6.07, 6.45) is 0. The molecule has 0 aliphatic carbocycles. The Kier molecular flexibility index (Phi) is 6.83. The van der Waals surface area contributed by atoms with E-state index in [1.54, 1.807) is 24.9 Å². The predicted molar refractivity (Wildman–Crippen MR) is 112 cm³/mol. The van der Waals surface area contributed by atoms with Crippen LogP contribution in [0.1, 0.15) is 17.0 Å². The number of ether oxygens (including phenoxy) is 1. The van der Waals surface area contributed by atoms with Crippen LogP contribution in [0.4, 0.5) is 0 Å². The molecule has 0 aliphatic rings. The van der Waals surface area contributed by atoms with E-state index in [2.05, 4.69) is 15.1 Å². The Morgan fingerprint density at radius 3 is 2.61 bits per heavy atom. The van der Waals surface area contributed by atoms with Crippen molar-refractivity contribution in [3.05, 3.63) is 64.4 Å². The quantitative estimate of drug-likeness (QED) is 0.555. The number of aromatic hydroxyl groups is 1. The minimum atomic E-state index is 0.172. The van der Waals surface area contributed by atoms with Crippen LogP contribution in [0.25, 0.3) is 0 Å². The molecule has 1 aromatic heterocycles. The number of hydrogen-bond donors (Lipinski definition) is 1. The van der Waals surface area contributed by atoms with Gasteiger partial charge in [-0.15, -0.1) is 10.2 Å².